The summed E-state index contributed by atoms with van der Waals surface area (Å²) < 4.78 is 28.1. The minimum atomic E-state index is 0.178. The second-order valence-corrected chi connectivity index (χ2v) is 6.90. The number of hydrogen-bond donors (Lipinski definition) is 0. The van der Waals surface area contributed by atoms with Crippen molar-refractivity contribution in [3.63, 3.8) is 0 Å². The summed E-state index contributed by atoms with van der Waals surface area (Å²) in [6, 6.07) is 13.4. The Hall–Kier alpha value is -2.99. The molecule has 2 heterocycles. The predicted molar refractivity (Wildman–Crippen MR) is 111 cm³/mol. The van der Waals surface area contributed by atoms with E-state index in [1.54, 1.807) is 21.3 Å². The van der Waals surface area contributed by atoms with Crippen molar-refractivity contribution in [2.75, 3.05) is 34.5 Å². The van der Waals surface area contributed by atoms with E-state index in [0.717, 1.165) is 47.1 Å². The Balaban J connectivity index is 1.84. The zero-order valence-electron chi connectivity index (χ0n) is 16.9. The van der Waals surface area contributed by atoms with Crippen LogP contribution >= 0.6 is 0 Å². The van der Waals surface area contributed by atoms with Gasteiger partial charge in [-0.05, 0) is 49.2 Å². The number of methoxy groups -OCH3 is 3. The van der Waals surface area contributed by atoms with Gasteiger partial charge in [0.1, 0.15) is 17.1 Å². The van der Waals surface area contributed by atoms with E-state index in [1.165, 1.54) is 0 Å². The molecule has 1 atom stereocenters. The molecule has 1 aliphatic heterocycles. The molecule has 1 aromatic heterocycles. The summed E-state index contributed by atoms with van der Waals surface area (Å²) in [6.45, 7) is 1.44. The van der Waals surface area contributed by atoms with Crippen molar-refractivity contribution in [1.82, 2.24) is 0 Å². The molecule has 6 heteroatoms. The van der Waals surface area contributed by atoms with Crippen LogP contribution in [0.15, 0.2) is 51.9 Å². The summed E-state index contributed by atoms with van der Waals surface area (Å²) in [5.41, 5.74) is 1.62. The first-order chi connectivity index (χ1) is 14.2. The first kappa shape index (κ1) is 19.3. The average Bonchev–Trinajstić information content (AvgIpc) is 3.30. The maximum Gasteiger partial charge on any atom is 0.161 e. The molecule has 6 nitrogen and oxygen atoms in total. The summed E-state index contributed by atoms with van der Waals surface area (Å²) in [7, 11) is 4.89. The minimum Gasteiger partial charge on any atom is -0.497 e. The number of rotatable bonds is 6. The van der Waals surface area contributed by atoms with Crippen LogP contribution in [0.3, 0.4) is 0 Å². The Bertz CT molecular complexity index is 1070. The predicted octanol–water partition coefficient (Wildman–Crippen LogP) is 4.21. The van der Waals surface area contributed by atoms with Crippen LogP contribution in [0, 0.1) is 0 Å². The van der Waals surface area contributed by atoms with Gasteiger partial charge in [-0.1, -0.05) is 0 Å². The molecule has 0 aliphatic carbocycles. The van der Waals surface area contributed by atoms with E-state index < -0.39 is 0 Å². The Morgan fingerprint density at radius 1 is 0.966 bits per heavy atom. The molecule has 3 aromatic rings. The molecular formula is C23H25NO5. The highest BCUT2D eigenvalue weighted by Gasteiger charge is 2.15. The molecule has 0 amide bonds. The summed E-state index contributed by atoms with van der Waals surface area (Å²) in [5.74, 6) is 2.78. The Morgan fingerprint density at radius 3 is 2.55 bits per heavy atom. The molecule has 0 bridgehead atoms. The molecule has 1 aliphatic rings. The molecule has 1 saturated heterocycles. The van der Waals surface area contributed by atoms with Crippen LogP contribution in [0.25, 0.3) is 22.3 Å². The lowest BCUT2D eigenvalue weighted by Crippen LogP contribution is -2.13. The monoisotopic (exact) mass is 395 g/mol. The summed E-state index contributed by atoms with van der Waals surface area (Å²) in [4.78, 5) is 4.86. The second-order valence-electron chi connectivity index (χ2n) is 6.90. The van der Waals surface area contributed by atoms with E-state index in [2.05, 4.69) is 0 Å². The van der Waals surface area contributed by atoms with E-state index in [9.17, 15) is 0 Å². The third-order valence-corrected chi connectivity index (χ3v) is 5.11. The van der Waals surface area contributed by atoms with Gasteiger partial charge in [0.25, 0.3) is 0 Å². The van der Waals surface area contributed by atoms with Crippen LogP contribution in [0.1, 0.15) is 12.8 Å². The quantitative estimate of drug-likeness (QED) is 0.626. The summed E-state index contributed by atoms with van der Waals surface area (Å²) in [5, 5.41) is 1.76. The van der Waals surface area contributed by atoms with Crippen LogP contribution < -0.4 is 19.6 Å². The van der Waals surface area contributed by atoms with E-state index >= 15 is 0 Å². The molecule has 0 saturated carbocycles. The van der Waals surface area contributed by atoms with Crippen LogP contribution in [0.2, 0.25) is 0 Å². The standard InChI is InChI=1S/C23H25NO5/c1-25-16-7-9-20-18(12-16)19(24-14-17-5-4-10-28-17)13-22(29-20)15-6-8-21(26-2)23(11-15)27-3/h6-9,11-13,17H,4-5,10,14H2,1-3H3/t17-/m0/s1. The maximum atomic E-state index is 6.19. The average molecular weight is 395 g/mol. The van der Waals surface area contributed by atoms with Crippen LogP contribution in [0.5, 0.6) is 17.2 Å². The third-order valence-electron chi connectivity index (χ3n) is 5.11. The highest BCUT2D eigenvalue weighted by atomic mass is 16.5. The number of nitrogens with zero attached hydrogens (tertiary/aromatic N) is 1. The molecule has 0 radical (unpaired) electrons. The zero-order valence-corrected chi connectivity index (χ0v) is 16.9. The molecule has 2 aromatic carbocycles. The topological polar surface area (TPSA) is 62.4 Å². The van der Waals surface area contributed by atoms with E-state index in [1.807, 2.05) is 42.5 Å². The van der Waals surface area contributed by atoms with Crippen molar-refractivity contribution in [2.45, 2.75) is 18.9 Å². The normalized spacial score (nSPS) is 16.9. The summed E-state index contributed by atoms with van der Waals surface area (Å²) >= 11 is 0. The Labute approximate surface area is 169 Å². The van der Waals surface area contributed by atoms with Gasteiger partial charge in [0.15, 0.2) is 11.5 Å². The van der Waals surface area contributed by atoms with Crippen molar-refractivity contribution in [2.24, 2.45) is 4.99 Å². The van der Waals surface area contributed by atoms with E-state index in [0.29, 0.717) is 23.8 Å². The maximum absolute atomic E-state index is 6.19. The fourth-order valence-electron chi connectivity index (χ4n) is 3.53. The van der Waals surface area contributed by atoms with Gasteiger partial charge in [-0.25, -0.2) is 0 Å². The molecule has 0 unspecified atom stereocenters. The largest absolute Gasteiger partial charge is 0.497 e. The van der Waals surface area contributed by atoms with E-state index in [4.69, 9.17) is 28.4 Å². The molecule has 152 valence electrons. The van der Waals surface area contributed by atoms with Gasteiger partial charge >= 0.3 is 0 Å². The fourth-order valence-corrected chi connectivity index (χ4v) is 3.53. The van der Waals surface area contributed by atoms with Gasteiger partial charge in [0, 0.05) is 23.6 Å². The third kappa shape index (κ3) is 4.07. The van der Waals surface area contributed by atoms with Crippen molar-refractivity contribution < 1.29 is 23.4 Å². The number of benzene rings is 2. The lowest BCUT2D eigenvalue weighted by molar-refractivity contribution is 0.117. The van der Waals surface area contributed by atoms with Gasteiger partial charge < -0.3 is 23.4 Å². The van der Waals surface area contributed by atoms with E-state index in [-0.39, 0.29) is 6.10 Å². The summed E-state index contributed by atoms with van der Waals surface area (Å²) in [6.07, 6.45) is 2.32. The highest BCUT2D eigenvalue weighted by molar-refractivity contribution is 5.80. The van der Waals surface area contributed by atoms with Crippen molar-refractivity contribution in [3.05, 3.63) is 47.8 Å². The Morgan fingerprint density at radius 2 is 1.83 bits per heavy atom. The lowest BCUT2D eigenvalue weighted by atomic mass is 10.1. The van der Waals surface area contributed by atoms with Gasteiger partial charge in [-0.15, -0.1) is 0 Å². The van der Waals surface area contributed by atoms with Gasteiger partial charge in [0.05, 0.1) is 39.3 Å². The van der Waals surface area contributed by atoms with Gasteiger partial charge in [-0.2, -0.15) is 0 Å². The van der Waals surface area contributed by atoms with Crippen molar-refractivity contribution in [3.8, 4) is 28.6 Å². The first-order valence-corrected chi connectivity index (χ1v) is 9.68. The second kappa shape index (κ2) is 8.57. The van der Waals surface area contributed by atoms with Gasteiger partial charge in [0.2, 0.25) is 0 Å². The van der Waals surface area contributed by atoms with Crippen molar-refractivity contribution >= 4 is 11.0 Å². The molecular weight excluding hydrogens is 370 g/mol. The molecule has 0 N–H and O–H groups in total. The minimum absolute atomic E-state index is 0.178. The zero-order chi connectivity index (χ0) is 20.2. The molecule has 4 rings (SSSR count). The number of ether oxygens (including phenoxy) is 4. The number of hydrogen-bond acceptors (Lipinski definition) is 6. The smallest absolute Gasteiger partial charge is 0.161 e. The molecule has 1 fully saturated rings. The van der Waals surface area contributed by atoms with Crippen molar-refractivity contribution in [1.29, 1.82) is 0 Å². The molecule has 29 heavy (non-hydrogen) atoms. The molecule has 0 spiro atoms. The highest BCUT2D eigenvalue weighted by Crippen LogP contribution is 2.33. The fraction of sp³-hybridized carbons (Fsp3) is 0.348. The first-order valence-electron chi connectivity index (χ1n) is 9.68. The Kier molecular flexibility index (Phi) is 5.71. The van der Waals surface area contributed by atoms with Gasteiger partial charge in [-0.3, -0.25) is 4.99 Å². The van der Waals surface area contributed by atoms with Crippen LogP contribution in [0.4, 0.5) is 0 Å². The van der Waals surface area contributed by atoms with Crippen LogP contribution in [-0.2, 0) is 4.74 Å². The lowest BCUT2D eigenvalue weighted by Gasteiger charge is -2.11. The SMILES string of the molecule is COc1ccc2oc(-c3ccc(OC)c(OC)c3)cc(=NC[C@@H]3CCCO3)c2c1. The van der Waals surface area contributed by atoms with Crippen LogP contribution in [-0.4, -0.2) is 40.6 Å². The number of fused-ring (bicyclic) bond motifs is 1.